The summed E-state index contributed by atoms with van der Waals surface area (Å²) in [5, 5.41) is 39.1. The lowest BCUT2D eigenvalue weighted by Gasteiger charge is -2.35. The normalized spacial score (nSPS) is 30.9. The Bertz CT molecular complexity index is 449. The molecule has 2 rings (SSSR count). The first-order valence-corrected chi connectivity index (χ1v) is 5.56. The van der Waals surface area contributed by atoms with Gasteiger partial charge in [-0.05, 0) is 12.1 Å². The SMILES string of the molecule is O=[N+]([O-])c1ccc(O[C@@H]2[C@@H](O)[C@H](O)CO[C@@H]2O)cc1. The number of non-ortho nitro benzene ring substituents is 1. The van der Waals surface area contributed by atoms with Crippen LogP contribution in [-0.2, 0) is 4.74 Å². The van der Waals surface area contributed by atoms with E-state index >= 15 is 0 Å². The second kappa shape index (κ2) is 5.49. The minimum absolute atomic E-state index is 0.103. The number of nitro groups is 1. The van der Waals surface area contributed by atoms with Crippen LogP contribution in [0.1, 0.15) is 0 Å². The lowest BCUT2D eigenvalue weighted by molar-refractivity contribution is -0.384. The summed E-state index contributed by atoms with van der Waals surface area (Å²) < 4.78 is 10.1. The van der Waals surface area contributed by atoms with E-state index in [1.165, 1.54) is 24.3 Å². The van der Waals surface area contributed by atoms with Crippen LogP contribution in [0, 0.1) is 10.1 Å². The second-order valence-corrected chi connectivity index (χ2v) is 4.12. The highest BCUT2D eigenvalue weighted by Gasteiger charge is 2.39. The number of rotatable bonds is 3. The monoisotopic (exact) mass is 271 g/mol. The lowest BCUT2D eigenvalue weighted by Crippen LogP contribution is -2.55. The number of nitrogens with zero attached hydrogens (tertiary/aromatic N) is 1. The lowest BCUT2D eigenvalue weighted by atomic mass is 10.1. The zero-order valence-electron chi connectivity index (χ0n) is 9.75. The number of hydrogen-bond acceptors (Lipinski definition) is 7. The van der Waals surface area contributed by atoms with E-state index in [1.807, 2.05) is 0 Å². The maximum Gasteiger partial charge on any atom is 0.269 e. The average molecular weight is 271 g/mol. The van der Waals surface area contributed by atoms with Crippen molar-refractivity contribution in [2.24, 2.45) is 0 Å². The first-order valence-electron chi connectivity index (χ1n) is 5.56. The predicted molar refractivity (Wildman–Crippen MR) is 61.5 cm³/mol. The quantitative estimate of drug-likeness (QED) is 0.496. The molecule has 1 aromatic rings. The maximum absolute atomic E-state index is 10.5. The van der Waals surface area contributed by atoms with Crippen molar-refractivity contribution in [2.45, 2.75) is 24.6 Å². The predicted octanol–water partition coefficient (Wildman–Crippen LogP) is -0.587. The summed E-state index contributed by atoms with van der Waals surface area (Å²) in [5.74, 6) is 0.214. The Balaban J connectivity index is 2.08. The number of hydrogen-bond donors (Lipinski definition) is 3. The highest BCUT2D eigenvalue weighted by atomic mass is 16.6. The average Bonchev–Trinajstić information content (AvgIpc) is 2.40. The van der Waals surface area contributed by atoms with Crippen LogP contribution in [0.4, 0.5) is 5.69 Å². The molecule has 1 heterocycles. The van der Waals surface area contributed by atoms with Gasteiger partial charge in [0, 0.05) is 12.1 Å². The van der Waals surface area contributed by atoms with Crippen molar-refractivity contribution < 1.29 is 29.7 Å². The summed E-state index contributed by atoms with van der Waals surface area (Å²) in [7, 11) is 0. The van der Waals surface area contributed by atoms with Gasteiger partial charge in [0.25, 0.3) is 5.69 Å². The molecule has 0 unspecified atom stereocenters. The Morgan fingerprint density at radius 3 is 2.47 bits per heavy atom. The minimum atomic E-state index is -1.38. The smallest absolute Gasteiger partial charge is 0.269 e. The molecule has 0 spiro atoms. The summed E-state index contributed by atoms with van der Waals surface area (Å²) in [6.07, 6.45) is -5.01. The van der Waals surface area contributed by atoms with Crippen LogP contribution in [0.25, 0.3) is 0 Å². The van der Waals surface area contributed by atoms with Crippen LogP contribution >= 0.6 is 0 Å². The zero-order chi connectivity index (χ0) is 14.0. The van der Waals surface area contributed by atoms with Gasteiger partial charge in [0.1, 0.15) is 18.0 Å². The van der Waals surface area contributed by atoms with Crippen molar-refractivity contribution in [3.05, 3.63) is 34.4 Å². The second-order valence-electron chi connectivity index (χ2n) is 4.12. The summed E-state index contributed by atoms with van der Waals surface area (Å²) in [6.45, 7) is -0.192. The standard InChI is InChI=1S/C11H13NO7/c13-8-5-18-11(15)10(9(8)14)19-7-3-1-6(2-4-7)12(16)17/h1-4,8-11,13-15H,5H2/t8-,9+,10-,11+/m1/s1. The molecule has 0 aromatic heterocycles. The molecule has 8 nitrogen and oxygen atoms in total. The fourth-order valence-corrected chi connectivity index (χ4v) is 1.71. The Morgan fingerprint density at radius 1 is 1.26 bits per heavy atom. The molecule has 1 aromatic carbocycles. The molecule has 0 saturated carbocycles. The van der Waals surface area contributed by atoms with Crippen molar-refractivity contribution in [2.75, 3.05) is 6.61 Å². The largest absolute Gasteiger partial charge is 0.482 e. The Labute approximate surface area is 108 Å². The van der Waals surface area contributed by atoms with E-state index in [2.05, 4.69) is 0 Å². The van der Waals surface area contributed by atoms with Crippen LogP contribution in [0.2, 0.25) is 0 Å². The molecule has 4 atom stereocenters. The molecule has 3 N–H and O–H groups in total. The third-order valence-electron chi connectivity index (χ3n) is 2.77. The molecule has 1 saturated heterocycles. The molecule has 19 heavy (non-hydrogen) atoms. The molecule has 0 aliphatic carbocycles. The highest BCUT2D eigenvalue weighted by molar-refractivity contribution is 5.36. The number of ether oxygens (including phenoxy) is 2. The van der Waals surface area contributed by atoms with Crippen LogP contribution in [-0.4, -0.2) is 51.5 Å². The number of nitro benzene ring substituents is 1. The van der Waals surface area contributed by atoms with Crippen molar-refractivity contribution in [1.82, 2.24) is 0 Å². The number of aliphatic hydroxyl groups excluding tert-OH is 3. The molecular weight excluding hydrogens is 258 g/mol. The van der Waals surface area contributed by atoms with Gasteiger partial charge in [-0.25, -0.2) is 0 Å². The van der Waals surface area contributed by atoms with E-state index in [0.717, 1.165) is 0 Å². The summed E-state index contributed by atoms with van der Waals surface area (Å²) in [6, 6.07) is 5.12. The maximum atomic E-state index is 10.5. The van der Waals surface area contributed by atoms with E-state index < -0.39 is 29.5 Å². The van der Waals surface area contributed by atoms with Gasteiger partial charge in [-0.1, -0.05) is 0 Å². The summed E-state index contributed by atoms with van der Waals surface area (Å²) >= 11 is 0. The number of benzene rings is 1. The van der Waals surface area contributed by atoms with Crippen molar-refractivity contribution in [3.63, 3.8) is 0 Å². The molecule has 8 heteroatoms. The van der Waals surface area contributed by atoms with E-state index in [0.29, 0.717) is 0 Å². The van der Waals surface area contributed by atoms with Gasteiger partial charge in [-0.3, -0.25) is 10.1 Å². The van der Waals surface area contributed by atoms with Gasteiger partial charge in [0.2, 0.25) is 0 Å². The summed E-state index contributed by atoms with van der Waals surface area (Å²) in [5.41, 5.74) is -0.103. The first kappa shape index (κ1) is 13.7. The summed E-state index contributed by atoms with van der Waals surface area (Å²) in [4.78, 5) is 9.93. The van der Waals surface area contributed by atoms with Crippen molar-refractivity contribution in [1.29, 1.82) is 0 Å². The fraction of sp³-hybridized carbons (Fsp3) is 0.455. The van der Waals surface area contributed by atoms with Crippen LogP contribution in [0.3, 0.4) is 0 Å². The first-order chi connectivity index (χ1) is 8.99. The Kier molecular flexibility index (Phi) is 3.96. The van der Waals surface area contributed by atoms with E-state index in [4.69, 9.17) is 9.47 Å². The molecule has 104 valence electrons. The molecule has 0 bridgehead atoms. The van der Waals surface area contributed by atoms with E-state index in [-0.39, 0.29) is 18.0 Å². The van der Waals surface area contributed by atoms with Gasteiger partial charge in [-0.2, -0.15) is 0 Å². The van der Waals surface area contributed by atoms with Gasteiger partial charge >= 0.3 is 0 Å². The van der Waals surface area contributed by atoms with Gasteiger partial charge in [0.05, 0.1) is 11.5 Å². The molecule has 1 aliphatic heterocycles. The Morgan fingerprint density at radius 2 is 1.89 bits per heavy atom. The minimum Gasteiger partial charge on any atom is -0.482 e. The topological polar surface area (TPSA) is 122 Å². The number of aliphatic hydroxyl groups is 3. The van der Waals surface area contributed by atoms with Crippen molar-refractivity contribution >= 4 is 5.69 Å². The molecular formula is C11H13NO7. The third kappa shape index (κ3) is 2.99. The molecule has 1 aliphatic rings. The van der Waals surface area contributed by atoms with E-state index in [1.54, 1.807) is 0 Å². The van der Waals surface area contributed by atoms with Crippen LogP contribution < -0.4 is 4.74 Å². The molecule has 0 amide bonds. The zero-order valence-corrected chi connectivity index (χ0v) is 9.75. The third-order valence-corrected chi connectivity index (χ3v) is 2.77. The molecule has 1 fully saturated rings. The van der Waals surface area contributed by atoms with Crippen LogP contribution in [0.15, 0.2) is 24.3 Å². The van der Waals surface area contributed by atoms with Gasteiger partial charge in [-0.15, -0.1) is 0 Å². The fourth-order valence-electron chi connectivity index (χ4n) is 1.71. The van der Waals surface area contributed by atoms with E-state index in [9.17, 15) is 25.4 Å². The van der Waals surface area contributed by atoms with Crippen LogP contribution in [0.5, 0.6) is 5.75 Å². The van der Waals surface area contributed by atoms with Gasteiger partial charge in [0.15, 0.2) is 12.4 Å². The van der Waals surface area contributed by atoms with Gasteiger partial charge < -0.3 is 24.8 Å². The Hall–Kier alpha value is -1.74. The van der Waals surface area contributed by atoms with Crippen molar-refractivity contribution in [3.8, 4) is 5.75 Å². The highest BCUT2D eigenvalue weighted by Crippen LogP contribution is 2.23. The molecule has 0 radical (unpaired) electrons.